The Morgan fingerprint density at radius 2 is 2.04 bits per heavy atom. The van der Waals surface area contributed by atoms with Crippen molar-refractivity contribution in [1.29, 1.82) is 0 Å². The quantitative estimate of drug-likeness (QED) is 0.477. The number of anilines is 1. The average molecular weight is 332 g/mol. The Morgan fingerprint density at radius 3 is 2.65 bits per heavy atom. The van der Waals surface area contributed by atoms with Crippen molar-refractivity contribution in [2.75, 3.05) is 12.0 Å². The first-order valence-electron chi connectivity index (χ1n) is 6.86. The molecule has 0 spiro atoms. The first-order chi connectivity index (χ1) is 11.0. The van der Waals surface area contributed by atoms with Crippen molar-refractivity contribution in [3.63, 3.8) is 0 Å². The second-order valence-electron chi connectivity index (χ2n) is 4.46. The number of rotatable bonds is 6. The number of aromatic nitrogens is 1. The van der Waals surface area contributed by atoms with Gasteiger partial charge < -0.3 is 10.5 Å². The lowest BCUT2D eigenvalue weighted by molar-refractivity contribution is -0.111. The van der Waals surface area contributed by atoms with Gasteiger partial charge in [0.15, 0.2) is 5.71 Å². The van der Waals surface area contributed by atoms with E-state index in [1.165, 1.54) is 0 Å². The molecule has 120 valence electrons. The number of amides is 1. The maximum Gasteiger partial charge on any atom is 0.350 e. The highest BCUT2D eigenvalue weighted by atomic mass is 32.1. The van der Waals surface area contributed by atoms with Crippen molar-refractivity contribution in [2.24, 2.45) is 10.8 Å². The van der Waals surface area contributed by atoms with E-state index >= 15 is 0 Å². The van der Waals surface area contributed by atoms with Crippen molar-refractivity contribution < 1.29 is 14.3 Å². The zero-order chi connectivity index (χ0) is 16.8. The maximum atomic E-state index is 11.8. The minimum Gasteiger partial charge on any atom is -0.462 e. The van der Waals surface area contributed by atoms with Crippen LogP contribution in [0.4, 0.5) is 5.69 Å². The molecule has 0 bridgehead atoms. The number of hydrogen-bond donors (Lipinski definition) is 2. The molecule has 0 saturated heterocycles. The molecule has 7 nitrogen and oxygen atoms in total. The highest BCUT2D eigenvalue weighted by Crippen LogP contribution is 2.20. The number of carbonyl (C=O) groups is 2. The summed E-state index contributed by atoms with van der Waals surface area (Å²) in [5, 5.41) is 4.28. The van der Waals surface area contributed by atoms with E-state index < -0.39 is 11.9 Å². The van der Waals surface area contributed by atoms with Crippen LogP contribution in [0.3, 0.4) is 0 Å². The number of para-hydroxylation sites is 1. The predicted octanol–water partition coefficient (Wildman–Crippen LogP) is 1.93. The molecule has 0 aliphatic carbocycles. The van der Waals surface area contributed by atoms with Crippen LogP contribution >= 0.6 is 11.3 Å². The lowest BCUT2D eigenvalue weighted by Gasteiger charge is -2.01. The van der Waals surface area contributed by atoms with E-state index in [-0.39, 0.29) is 17.3 Å². The summed E-state index contributed by atoms with van der Waals surface area (Å²) in [6, 6.07) is 9.10. The van der Waals surface area contributed by atoms with Gasteiger partial charge in [-0.2, -0.15) is 5.10 Å². The van der Waals surface area contributed by atoms with Crippen LogP contribution in [-0.2, 0) is 9.53 Å². The molecule has 8 heteroatoms. The minimum atomic E-state index is -0.738. The zero-order valence-corrected chi connectivity index (χ0v) is 13.5. The topological polar surface area (TPSA) is 107 Å². The van der Waals surface area contributed by atoms with Gasteiger partial charge in [-0.05, 0) is 26.0 Å². The molecule has 2 rings (SSSR count). The summed E-state index contributed by atoms with van der Waals surface area (Å²) >= 11 is 1.02. The molecule has 0 aliphatic heterocycles. The number of hydrogen-bond acceptors (Lipinski definition) is 7. The summed E-state index contributed by atoms with van der Waals surface area (Å²) < 4.78 is 4.95. The van der Waals surface area contributed by atoms with Crippen molar-refractivity contribution >= 4 is 34.6 Å². The standard InChI is InChI=1S/C15H16N4O3S/c1-3-22-15(21)12-9(2)17-14(23-12)11(13(16)20)19-18-10-7-5-4-6-8-10/h4-8,18H,3H2,1-2H3,(H2,16,20)/b19-11-. The van der Waals surface area contributed by atoms with Crippen molar-refractivity contribution in [3.8, 4) is 0 Å². The summed E-state index contributed by atoms with van der Waals surface area (Å²) in [6.07, 6.45) is 0. The van der Waals surface area contributed by atoms with Gasteiger partial charge in [-0.15, -0.1) is 11.3 Å². The molecule has 1 aromatic heterocycles. The summed E-state index contributed by atoms with van der Waals surface area (Å²) in [4.78, 5) is 28.0. The van der Waals surface area contributed by atoms with Gasteiger partial charge in [0, 0.05) is 0 Å². The zero-order valence-electron chi connectivity index (χ0n) is 12.7. The molecule has 0 unspecified atom stereocenters. The number of nitrogens with two attached hydrogens (primary N) is 1. The van der Waals surface area contributed by atoms with Gasteiger partial charge >= 0.3 is 5.97 Å². The highest BCUT2D eigenvalue weighted by Gasteiger charge is 2.22. The molecule has 1 aromatic carbocycles. The van der Waals surface area contributed by atoms with Gasteiger partial charge in [-0.25, -0.2) is 9.78 Å². The number of nitrogens with one attached hydrogen (secondary N) is 1. The first-order valence-corrected chi connectivity index (χ1v) is 7.68. The number of benzene rings is 1. The Labute approximate surface area is 137 Å². The number of primary amides is 1. The van der Waals surface area contributed by atoms with E-state index in [4.69, 9.17) is 10.5 Å². The lowest BCUT2D eigenvalue weighted by atomic mass is 10.3. The minimum absolute atomic E-state index is 0.0440. The third-order valence-corrected chi connectivity index (χ3v) is 3.91. The Morgan fingerprint density at radius 1 is 1.35 bits per heavy atom. The van der Waals surface area contributed by atoms with E-state index in [9.17, 15) is 9.59 Å². The number of aryl methyl sites for hydroxylation is 1. The van der Waals surface area contributed by atoms with Crippen LogP contribution < -0.4 is 11.2 Å². The SMILES string of the molecule is CCOC(=O)c1sc(/C(=N\Nc2ccccc2)C(N)=O)nc1C. The van der Waals surface area contributed by atoms with Crippen LogP contribution in [0.1, 0.15) is 27.3 Å². The molecule has 0 fully saturated rings. The molecular weight excluding hydrogens is 316 g/mol. The molecule has 3 N–H and O–H groups in total. The van der Waals surface area contributed by atoms with Gasteiger partial charge in [-0.1, -0.05) is 18.2 Å². The summed E-state index contributed by atoms with van der Waals surface area (Å²) in [7, 11) is 0. The second-order valence-corrected chi connectivity index (χ2v) is 5.46. The molecule has 0 saturated carbocycles. The smallest absolute Gasteiger partial charge is 0.350 e. The van der Waals surface area contributed by atoms with Crippen LogP contribution in [-0.4, -0.2) is 29.2 Å². The van der Waals surface area contributed by atoms with Crippen molar-refractivity contribution in [3.05, 3.63) is 45.9 Å². The van der Waals surface area contributed by atoms with Gasteiger partial charge in [0.1, 0.15) is 9.88 Å². The fourth-order valence-corrected chi connectivity index (χ4v) is 2.68. The van der Waals surface area contributed by atoms with Crippen LogP contribution in [0, 0.1) is 6.92 Å². The number of hydrazone groups is 1. The summed E-state index contributed by atoms with van der Waals surface area (Å²) in [5.41, 5.74) is 9.24. The maximum absolute atomic E-state index is 11.8. The summed E-state index contributed by atoms with van der Waals surface area (Å²) in [5.74, 6) is -1.22. The second kappa shape index (κ2) is 7.50. The van der Waals surface area contributed by atoms with Gasteiger partial charge in [-0.3, -0.25) is 10.2 Å². The molecule has 2 aromatic rings. The van der Waals surface area contributed by atoms with Crippen molar-refractivity contribution in [1.82, 2.24) is 4.98 Å². The van der Waals surface area contributed by atoms with Gasteiger partial charge in [0.05, 0.1) is 18.0 Å². The number of esters is 1. The van der Waals surface area contributed by atoms with E-state index in [1.807, 2.05) is 18.2 Å². The van der Waals surface area contributed by atoms with E-state index in [0.717, 1.165) is 11.3 Å². The lowest BCUT2D eigenvalue weighted by Crippen LogP contribution is -2.25. The van der Waals surface area contributed by atoms with Crippen LogP contribution in [0.2, 0.25) is 0 Å². The number of ether oxygens (including phenoxy) is 1. The summed E-state index contributed by atoms with van der Waals surface area (Å²) in [6.45, 7) is 3.64. The van der Waals surface area contributed by atoms with Crippen LogP contribution in [0.5, 0.6) is 0 Å². The fraction of sp³-hybridized carbons (Fsp3) is 0.200. The largest absolute Gasteiger partial charge is 0.462 e. The van der Waals surface area contributed by atoms with E-state index in [2.05, 4.69) is 15.5 Å². The molecule has 1 heterocycles. The Bertz CT molecular complexity index is 740. The highest BCUT2D eigenvalue weighted by molar-refractivity contribution is 7.16. The molecule has 0 radical (unpaired) electrons. The molecular formula is C15H16N4O3S. The molecule has 0 aliphatic rings. The average Bonchev–Trinajstić information content (AvgIpc) is 2.90. The molecule has 23 heavy (non-hydrogen) atoms. The monoisotopic (exact) mass is 332 g/mol. The van der Waals surface area contributed by atoms with Crippen LogP contribution in [0.25, 0.3) is 0 Å². The fourth-order valence-electron chi connectivity index (χ4n) is 1.73. The first kappa shape index (κ1) is 16.6. The van der Waals surface area contributed by atoms with Gasteiger partial charge in [0.25, 0.3) is 5.91 Å². The molecule has 0 atom stereocenters. The number of thiazole rings is 1. The third kappa shape index (κ3) is 4.13. The Kier molecular flexibility index (Phi) is 5.42. The van der Waals surface area contributed by atoms with Crippen LogP contribution in [0.15, 0.2) is 35.4 Å². The third-order valence-electron chi connectivity index (χ3n) is 2.76. The Hall–Kier alpha value is -2.74. The van der Waals surface area contributed by atoms with Crippen molar-refractivity contribution in [2.45, 2.75) is 13.8 Å². The normalized spacial score (nSPS) is 11.1. The van der Waals surface area contributed by atoms with E-state index in [1.54, 1.807) is 26.0 Å². The van der Waals surface area contributed by atoms with Gasteiger partial charge in [0.2, 0.25) is 0 Å². The molecule has 1 amide bonds. The predicted molar refractivity (Wildman–Crippen MR) is 88.6 cm³/mol. The number of nitrogens with zero attached hydrogens (tertiary/aromatic N) is 2. The Balaban J connectivity index is 2.30. The number of carbonyl (C=O) groups excluding carboxylic acids is 2. The van der Waals surface area contributed by atoms with E-state index in [0.29, 0.717) is 16.3 Å².